The topological polar surface area (TPSA) is 84.6 Å². The molecule has 1 fully saturated rings. The van der Waals surface area contributed by atoms with E-state index in [1.807, 2.05) is 0 Å². The number of hydrogen-bond acceptors (Lipinski definition) is 5. The fourth-order valence-corrected chi connectivity index (χ4v) is 4.38. The van der Waals surface area contributed by atoms with Gasteiger partial charge in [-0.2, -0.15) is 0 Å². The Labute approximate surface area is 111 Å². The van der Waals surface area contributed by atoms with Crippen LogP contribution in [0.5, 0.6) is 5.75 Å². The highest BCUT2D eigenvalue weighted by molar-refractivity contribution is 7.91. The lowest BCUT2D eigenvalue weighted by Crippen LogP contribution is -2.27. The van der Waals surface area contributed by atoms with Crippen molar-refractivity contribution >= 4 is 15.5 Å². The Morgan fingerprint density at radius 2 is 2.21 bits per heavy atom. The number of aromatic hydroxyl groups is 1. The van der Waals surface area contributed by atoms with Gasteiger partial charge in [0.05, 0.1) is 17.7 Å². The number of hydrogen-bond donors (Lipinski definition) is 1. The molecule has 0 bridgehead atoms. The Hall–Kier alpha value is -1.63. The summed E-state index contributed by atoms with van der Waals surface area (Å²) in [6.45, 7) is 0. The van der Waals surface area contributed by atoms with Gasteiger partial charge in [0.2, 0.25) is 0 Å². The smallest absolute Gasteiger partial charge is 0.161 e. The third-order valence-corrected chi connectivity index (χ3v) is 5.38. The largest absolute Gasteiger partial charge is 0.506 e. The zero-order chi connectivity index (χ0) is 13.5. The molecule has 2 aromatic heterocycles. The van der Waals surface area contributed by atoms with E-state index < -0.39 is 9.84 Å². The van der Waals surface area contributed by atoms with Crippen LogP contribution in [0.1, 0.15) is 18.7 Å². The second kappa shape index (κ2) is 4.48. The minimum absolute atomic E-state index is 0.0912. The molecule has 0 aromatic carbocycles. The summed E-state index contributed by atoms with van der Waals surface area (Å²) in [5, 5.41) is 17.6. The highest BCUT2D eigenvalue weighted by Crippen LogP contribution is 2.22. The second-order valence-electron chi connectivity index (χ2n) is 5.06. The molecule has 1 aliphatic heterocycles. The maximum atomic E-state index is 11.6. The quantitative estimate of drug-likeness (QED) is 0.880. The highest BCUT2D eigenvalue weighted by atomic mass is 32.2. The Kier molecular flexibility index (Phi) is 2.93. The van der Waals surface area contributed by atoms with Crippen molar-refractivity contribution in [3.63, 3.8) is 0 Å². The van der Waals surface area contributed by atoms with E-state index in [-0.39, 0.29) is 17.4 Å². The van der Waals surface area contributed by atoms with E-state index in [0.717, 1.165) is 12.8 Å². The van der Waals surface area contributed by atoms with Crippen LogP contribution in [0.4, 0.5) is 0 Å². The molecule has 1 aliphatic rings. The highest BCUT2D eigenvalue weighted by Gasteiger charge is 2.26. The fourth-order valence-electron chi connectivity index (χ4n) is 2.60. The van der Waals surface area contributed by atoms with Crippen LogP contribution < -0.4 is 0 Å². The molecular formula is C12H15N3O3S. The van der Waals surface area contributed by atoms with Gasteiger partial charge in [-0.3, -0.25) is 4.40 Å². The second-order valence-corrected chi connectivity index (χ2v) is 7.29. The molecule has 0 spiro atoms. The molecule has 19 heavy (non-hydrogen) atoms. The van der Waals surface area contributed by atoms with E-state index in [1.165, 1.54) is 0 Å². The van der Waals surface area contributed by atoms with Gasteiger partial charge < -0.3 is 5.11 Å². The van der Waals surface area contributed by atoms with Gasteiger partial charge in [0.25, 0.3) is 0 Å². The van der Waals surface area contributed by atoms with E-state index in [2.05, 4.69) is 10.2 Å². The van der Waals surface area contributed by atoms with E-state index in [9.17, 15) is 13.5 Å². The van der Waals surface area contributed by atoms with Gasteiger partial charge in [-0.15, -0.1) is 10.2 Å². The number of fused-ring (bicyclic) bond motifs is 1. The van der Waals surface area contributed by atoms with Crippen molar-refractivity contribution in [3.8, 4) is 5.75 Å². The molecule has 0 amide bonds. The summed E-state index contributed by atoms with van der Waals surface area (Å²) in [6, 6.07) is 3.24. The van der Waals surface area contributed by atoms with Crippen LogP contribution in [-0.2, 0) is 16.3 Å². The lowest BCUT2D eigenvalue weighted by molar-refractivity contribution is 0.464. The van der Waals surface area contributed by atoms with Gasteiger partial charge >= 0.3 is 0 Å². The van der Waals surface area contributed by atoms with Gasteiger partial charge in [0.15, 0.2) is 15.5 Å². The third kappa shape index (κ3) is 2.56. The van der Waals surface area contributed by atoms with Crippen molar-refractivity contribution in [2.24, 2.45) is 5.92 Å². The van der Waals surface area contributed by atoms with Gasteiger partial charge in [0.1, 0.15) is 11.6 Å². The number of nitrogens with zero attached hydrogens (tertiary/aromatic N) is 3. The van der Waals surface area contributed by atoms with Crippen LogP contribution in [-0.4, -0.2) is 39.6 Å². The normalized spacial score (nSPS) is 22.6. The monoisotopic (exact) mass is 281 g/mol. The third-order valence-electron chi connectivity index (χ3n) is 3.49. The van der Waals surface area contributed by atoms with Crippen LogP contribution >= 0.6 is 0 Å². The van der Waals surface area contributed by atoms with E-state index >= 15 is 0 Å². The minimum Gasteiger partial charge on any atom is -0.506 e. The standard InChI is InChI=1S/C12H15N3O3S/c16-10-3-4-11-13-14-12(15(11)7-10)6-9-2-1-5-19(17,18)8-9/h3-4,7,9,16H,1-2,5-6,8H2. The van der Waals surface area contributed by atoms with Crippen molar-refractivity contribution in [3.05, 3.63) is 24.2 Å². The number of rotatable bonds is 2. The van der Waals surface area contributed by atoms with Gasteiger partial charge in [-0.05, 0) is 30.9 Å². The van der Waals surface area contributed by atoms with Crippen LogP contribution in [0.2, 0.25) is 0 Å². The minimum atomic E-state index is -2.90. The molecule has 2 aromatic rings. The summed E-state index contributed by atoms with van der Waals surface area (Å²) in [4.78, 5) is 0. The zero-order valence-electron chi connectivity index (χ0n) is 10.4. The number of aromatic nitrogens is 3. The molecule has 1 saturated heterocycles. The molecule has 0 saturated carbocycles. The Balaban J connectivity index is 1.87. The molecule has 1 N–H and O–H groups in total. The fraction of sp³-hybridized carbons (Fsp3) is 0.500. The average Bonchev–Trinajstić information content (AvgIpc) is 2.71. The summed E-state index contributed by atoms with van der Waals surface area (Å²) < 4.78 is 25.0. The van der Waals surface area contributed by atoms with Crippen molar-refractivity contribution in [1.82, 2.24) is 14.6 Å². The summed E-state index contributed by atoms with van der Waals surface area (Å²) in [5.74, 6) is 1.46. The SMILES string of the molecule is O=S1(=O)CCCC(Cc2nnc3ccc(O)cn23)C1. The first-order valence-corrected chi connectivity index (χ1v) is 8.09. The summed E-state index contributed by atoms with van der Waals surface area (Å²) >= 11 is 0. The van der Waals surface area contributed by atoms with E-state index in [4.69, 9.17) is 0 Å². The van der Waals surface area contributed by atoms with Crippen molar-refractivity contribution in [2.45, 2.75) is 19.3 Å². The molecule has 102 valence electrons. The van der Waals surface area contributed by atoms with Crippen molar-refractivity contribution in [1.29, 1.82) is 0 Å². The van der Waals surface area contributed by atoms with Crippen molar-refractivity contribution < 1.29 is 13.5 Å². The first-order chi connectivity index (χ1) is 9.03. The molecule has 6 nitrogen and oxygen atoms in total. The lowest BCUT2D eigenvalue weighted by atomic mass is 10.0. The molecule has 3 heterocycles. The molecule has 0 aliphatic carbocycles. The van der Waals surface area contributed by atoms with Crippen LogP contribution in [0.3, 0.4) is 0 Å². The zero-order valence-corrected chi connectivity index (χ0v) is 11.2. The van der Waals surface area contributed by atoms with Crippen LogP contribution in [0, 0.1) is 5.92 Å². The average molecular weight is 281 g/mol. The van der Waals surface area contributed by atoms with Crippen molar-refractivity contribution in [2.75, 3.05) is 11.5 Å². The molecule has 0 radical (unpaired) electrons. The van der Waals surface area contributed by atoms with E-state index in [1.54, 1.807) is 22.7 Å². The van der Waals surface area contributed by atoms with Crippen LogP contribution in [0.15, 0.2) is 18.3 Å². The Morgan fingerprint density at radius 1 is 1.37 bits per heavy atom. The maximum absolute atomic E-state index is 11.6. The predicted molar refractivity (Wildman–Crippen MR) is 69.7 cm³/mol. The first kappa shape index (κ1) is 12.4. The number of pyridine rings is 1. The molecule has 1 unspecified atom stereocenters. The van der Waals surface area contributed by atoms with Gasteiger partial charge in [0, 0.05) is 6.42 Å². The summed E-state index contributed by atoms with van der Waals surface area (Å²) in [5.41, 5.74) is 0.659. The van der Waals surface area contributed by atoms with E-state index in [0.29, 0.717) is 23.6 Å². The predicted octanol–water partition coefficient (Wildman–Crippen LogP) is 0.802. The first-order valence-electron chi connectivity index (χ1n) is 6.26. The molecule has 7 heteroatoms. The Bertz CT molecular complexity index is 708. The maximum Gasteiger partial charge on any atom is 0.161 e. The summed E-state index contributed by atoms with van der Waals surface area (Å²) in [6.07, 6.45) is 3.74. The Morgan fingerprint density at radius 3 is 3.00 bits per heavy atom. The van der Waals surface area contributed by atoms with Gasteiger partial charge in [-0.25, -0.2) is 8.42 Å². The summed E-state index contributed by atoms with van der Waals surface area (Å²) in [7, 11) is -2.90. The lowest BCUT2D eigenvalue weighted by Gasteiger charge is -2.20. The molecule has 1 atom stereocenters. The molecular weight excluding hydrogens is 266 g/mol. The molecule has 3 rings (SSSR count). The van der Waals surface area contributed by atoms with Crippen LogP contribution in [0.25, 0.3) is 5.65 Å². The number of sulfone groups is 1. The van der Waals surface area contributed by atoms with Gasteiger partial charge in [-0.1, -0.05) is 0 Å².